The van der Waals surface area contributed by atoms with Crippen molar-refractivity contribution in [1.82, 2.24) is 24.3 Å². The Bertz CT molecular complexity index is 1620. The lowest BCUT2D eigenvalue weighted by Gasteiger charge is -2.32. The van der Waals surface area contributed by atoms with E-state index in [0.717, 1.165) is 71.3 Å². The molecule has 1 saturated heterocycles. The van der Waals surface area contributed by atoms with Gasteiger partial charge in [-0.1, -0.05) is 18.2 Å². The molecule has 0 N–H and O–H groups in total. The van der Waals surface area contributed by atoms with Crippen molar-refractivity contribution in [3.63, 3.8) is 0 Å². The molecular formula is C30H29N5O2. The average molecular weight is 492 g/mol. The summed E-state index contributed by atoms with van der Waals surface area (Å²) < 4.78 is 7.00. The quantitative estimate of drug-likeness (QED) is 0.341. The Morgan fingerprint density at radius 2 is 1.62 bits per heavy atom. The van der Waals surface area contributed by atoms with Gasteiger partial charge in [-0.2, -0.15) is 0 Å². The highest BCUT2D eigenvalue weighted by molar-refractivity contribution is 6.05. The van der Waals surface area contributed by atoms with E-state index in [1.54, 1.807) is 23.9 Å². The maximum Gasteiger partial charge on any atom is 0.255 e. The van der Waals surface area contributed by atoms with E-state index in [4.69, 9.17) is 4.74 Å². The van der Waals surface area contributed by atoms with Crippen molar-refractivity contribution in [3.05, 3.63) is 95.0 Å². The van der Waals surface area contributed by atoms with Gasteiger partial charge in [-0.05, 0) is 54.6 Å². The van der Waals surface area contributed by atoms with Crippen LogP contribution in [0.15, 0.2) is 83.9 Å². The molecule has 1 aliphatic heterocycles. The number of pyridine rings is 3. The molecule has 4 heterocycles. The molecular weight excluding hydrogens is 462 g/mol. The van der Waals surface area contributed by atoms with Crippen LogP contribution in [-0.2, 0) is 6.54 Å². The lowest BCUT2D eigenvalue weighted by molar-refractivity contribution is 0.148. The molecule has 0 unspecified atom stereocenters. The molecule has 0 saturated carbocycles. The first-order valence-electron chi connectivity index (χ1n) is 12.5. The largest absolute Gasteiger partial charge is 0.481 e. The zero-order valence-electron chi connectivity index (χ0n) is 21.1. The van der Waals surface area contributed by atoms with E-state index in [1.165, 1.54) is 5.56 Å². The molecule has 1 fully saturated rings. The maximum absolute atomic E-state index is 13.2. The molecule has 37 heavy (non-hydrogen) atoms. The van der Waals surface area contributed by atoms with Crippen molar-refractivity contribution < 1.29 is 4.74 Å². The van der Waals surface area contributed by atoms with E-state index in [2.05, 4.69) is 57.1 Å². The number of aromatic nitrogens is 3. The molecule has 2 aromatic carbocycles. The fraction of sp³-hybridized carbons (Fsp3) is 0.233. The number of fused-ring (bicyclic) bond motifs is 3. The predicted molar refractivity (Wildman–Crippen MR) is 147 cm³/mol. The maximum atomic E-state index is 13.2. The van der Waals surface area contributed by atoms with E-state index in [9.17, 15) is 4.79 Å². The Hall–Kier alpha value is -4.07. The number of benzene rings is 2. The van der Waals surface area contributed by atoms with Gasteiger partial charge in [0.05, 0.1) is 18.1 Å². The fourth-order valence-corrected chi connectivity index (χ4v) is 5.03. The van der Waals surface area contributed by atoms with Gasteiger partial charge in [0.1, 0.15) is 0 Å². The highest BCUT2D eigenvalue weighted by atomic mass is 16.5. The van der Waals surface area contributed by atoms with Gasteiger partial charge in [0, 0.05) is 79.3 Å². The minimum Gasteiger partial charge on any atom is -0.481 e. The Labute approximate surface area is 215 Å². The Morgan fingerprint density at radius 1 is 0.838 bits per heavy atom. The summed E-state index contributed by atoms with van der Waals surface area (Å²) in [5, 5.41) is 1.84. The molecule has 1 aliphatic rings. The predicted octanol–water partition coefficient (Wildman–Crippen LogP) is 4.36. The van der Waals surface area contributed by atoms with E-state index in [0.29, 0.717) is 5.88 Å². The number of likely N-dealkylation sites (N-methyl/N-ethyl adjacent to an activating group) is 1. The summed E-state index contributed by atoms with van der Waals surface area (Å²) >= 11 is 0. The molecule has 3 aromatic heterocycles. The summed E-state index contributed by atoms with van der Waals surface area (Å²) in [5.41, 5.74) is 5.70. The minimum atomic E-state index is -0.0664. The molecule has 5 aromatic rings. The van der Waals surface area contributed by atoms with Crippen LogP contribution in [0.2, 0.25) is 0 Å². The third kappa shape index (κ3) is 4.59. The normalized spacial score (nSPS) is 14.9. The number of hydrogen-bond donors (Lipinski definition) is 0. The summed E-state index contributed by atoms with van der Waals surface area (Å²) in [6, 6.07) is 21.8. The summed E-state index contributed by atoms with van der Waals surface area (Å²) in [6.07, 6.45) is 3.63. The van der Waals surface area contributed by atoms with E-state index in [1.807, 2.05) is 36.5 Å². The molecule has 0 atom stereocenters. The van der Waals surface area contributed by atoms with Crippen LogP contribution in [0.25, 0.3) is 38.6 Å². The van der Waals surface area contributed by atoms with Crippen LogP contribution >= 0.6 is 0 Å². The molecule has 7 nitrogen and oxygen atoms in total. The number of rotatable bonds is 5. The van der Waals surface area contributed by atoms with Crippen LogP contribution in [0.1, 0.15) is 5.56 Å². The monoisotopic (exact) mass is 491 g/mol. The standard InChI is InChI=1S/C30H29N5O2/c1-33-13-15-34(16-14-33)20-21-3-8-25(9-4-21)35-29(36)12-7-24-19-31-27-10-5-22(17-26(27)30(24)35)23-6-11-28(37-2)32-18-23/h3-12,17-19H,13-16,20H2,1-2H3. The molecule has 0 aliphatic carbocycles. The van der Waals surface area contributed by atoms with Crippen molar-refractivity contribution in [2.75, 3.05) is 40.3 Å². The minimum absolute atomic E-state index is 0.0664. The van der Waals surface area contributed by atoms with Crippen molar-refractivity contribution in [1.29, 1.82) is 0 Å². The van der Waals surface area contributed by atoms with Gasteiger partial charge in [0.25, 0.3) is 5.56 Å². The first kappa shape index (κ1) is 23.3. The third-order valence-corrected chi connectivity index (χ3v) is 7.19. The second kappa shape index (κ2) is 9.76. The van der Waals surface area contributed by atoms with Gasteiger partial charge < -0.3 is 9.64 Å². The fourth-order valence-electron chi connectivity index (χ4n) is 5.03. The second-order valence-electron chi connectivity index (χ2n) is 9.64. The Balaban J connectivity index is 1.42. The third-order valence-electron chi connectivity index (χ3n) is 7.19. The highest BCUT2D eigenvalue weighted by Crippen LogP contribution is 2.30. The van der Waals surface area contributed by atoms with Gasteiger partial charge in [-0.25, -0.2) is 4.98 Å². The Kier molecular flexibility index (Phi) is 6.16. The topological polar surface area (TPSA) is 63.5 Å². The molecule has 0 spiro atoms. The van der Waals surface area contributed by atoms with Crippen molar-refractivity contribution >= 4 is 21.8 Å². The summed E-state index contributed by atoms with van der Waals surface area (Å²) in [5.74, 6) is 0.571. The molecule has 186 valence electrons. The average Bonchev–Trinajstić information content (AvgIpc) is 2.94. The van der Waals surface area contributed by atoms with Crippen LogP contribution in [0.5, 0.6) is 5.88 Å². The van der Waals surface area contributed by atoms with Crippen molar-refractivity contribution in [3.8, 4) is 22.7 Å². The zero-order valence-corrected chi connectivity index (χ0v) is 21.1. The van der Waals surface area contributed by atoms with Gasteiger partial charge in [-0.15, -0.1) is 0 Å². The molecule has 0 bridgehead atoms. The van der Waals surface area contributed by atoms with Crippen molar-refractivity contribution in [2.45, 2.75) is 6.54 Å². The molecule has 0 amide bonds. The SMILES string of the molecule is COc1ccc(-c2ccc3ncc4ccc(=O)n(-c5ccc(CN6CCN(C)CC6)cc5)c4c3c2)cn1. The number of ether oxygens (including phenoxy) is 1. The number of piperazine rings is 1. The van der Waals surface area contributed by atoms with Crippen LogP contribution < -0.4 is 10.3 Å². The molecule has 7 heteroatoms. The van der Waals surface area contributed by atoms with E-state index >= 15 is 0 Å². The van der Waals surface area contributed by atoms with Gasteiger partial charge >= 0.3 is 0 Å². The van der Waals surface area contributed by atoms with Gasteiger partial charge in [0.15, 0.2) is 0 Å². The smallest absolute Gasteiger partial charge is 0.255 e. The summed E-state index contributed by atoms with van der Waals surface area (Å²) in [4.78, 5) is 27.1. The molecule has 6 rings (SSSR count). The lowest BCUT2D eigenvalue weighted by atomic mass is 10.0. The van der Waals surface area contributed by atoms with Gasteiger partial charge in [-0.3, -0.25) is 19.2 Å². The van der Waals surface area contributed by atoms with Crippen LogP contribution in [0.4, 0.5) is 0 Å². The summed E-state index contributed by atoms with van der Waals surface area (Å²) in [6.45, 7) is 5.27. The first-order chi connectivity index (χ1) is 18.1. The van der Waals surface area contributed by atoms with Crippen LogP contribution in [-0.4, -0.2) is 64.7 Å². The summed E-state index contributed by atoms with van der Waals surface area (Å²) in [7, 11) is 3.78. The zero-order chi connectivity index (χ0) is 25.4. The lowest BCUT2D eigenvalue weighted by Crippen LogP contribution is -2.43. The Morgan fingerprint density at radius 3 is 2.35 bits per heavy atom. The second-order valence-corrected chi connectivity index (χ2v) is 9.64. The van der Waals surface area contributed by atoms with E-state index < -0.39 is 0 Å². The number of nitrogens with zero attached hydrogens (tertiary/aromatic N) is 5. The van der Waals surface area contributed by atoms with E-state index in [-0.39, 0.29) is 5.56 Å². The van der Waals surface area contributed by atoms with Gasteiger partial charge in [0.2, 0.25) is 5.88 Å². The van der Waals surface area contributed by atoms with Crippen LogP contribution in [0.3, 0.4) is 0 Å². The molecule has 0 radical (unpaired) electrons. The first-order valence-corrected chi connectivity index (χ1v) is 12.5. The van der Waals surface area contributed by atoms with Crippen LogP contribution in [0, 0.1) is 0 Å². The number of methoxy groups -OCH3 is 1. The highest BCUT2D eigenvalue weighted by Gasteiger charge is 2.15. The van der Waals surface area contributed by atoms with Crippen molar-refractivity contribution in [2.24, 2.45) is 0 Å². The number of hydrogen-bond acceptors (Lipinski definition) is 6.